The van der Waals surface area contributed by atoms with Gasteiger partial charge in [-0.15, -0.1) is 0 Å². The Morgan fingerprint density at radius 1 is 1.26 bits per heavy atom. The minimum Gasteiger partial charge on any atom is -0.497 e. The van der Waals surface area contributed by atoms with E-state index in [1.54, 1.807) is 40.0 Å². The van der Waals surface area contributed by atoms with Gasteiger partial charge in [0.25, 0.3) is 6.47 Å². The van der Waals surface area contributed by atoms with Crippen molar-refractivity contribution in [3.8, 4) is 5.75 Å². The second-order valence-corrected chi connectivity index (χ2v) is 7.95. The van der Waals surface area contributed by atoms with E-state index in [1.807, 2.05) is 26.0 Å². The SMILES string of the molecule is COc1ccc(C2O[C@@H](OC=O)[C@H](CC(C)C)N2C(=O)OC(C)(C)C)cc1. The molecule has 0 saturated carbocycles. The fourth-order valence-corrected chi connectivity index (χ4v) is 3.03. The van der Waals surface area contributed by atoms with Crippen molar-refractivity contribution >= 4 is 12.6 Å². The molecule has 0 bridgehead atoms. The van der Waals surface area contributed by atoms with Crippen LogP contribution in [0.5, 0.6) is 5.75 Å². The van der Waals surface area contributed by atoms with Gasteiger partial charge in [-0.2, -0.15) is 0 Å². The fraction of sp³-hybridized carbons (Fsp3) is 0.600. The minimum atomic E-state index is -0.857. The van der Waals surface area contributed by atoms with Crippen LogP contribution in [0.4, 0.5) is 4.79 Å². The van der Waals surface area contributed by atoms with Crippen molar-refractivity contribution in [2.45, 2.75) is 65.2 Å². The van der Waals surface area contributed by atoms with E-state index < -0.39 is 30.3 Å². The summed E-state index contributed by atoms with van der Waals surface area (Å²) in [5.41, 5.74) is 0.0838. The van der Waals surface area contributed by atoms with E-state index in [0.29, 0.717) is 18.6 Å². The summed E-state index contributed by atoms with van der Waals surface area (Å²) in [5.74, 6) is 0.955. The lowest BCUT2D eigenvalue weighted by Crippen LogP contribution is -2.44. The van der Waals surface area contributed by atoms with Gasteiger partial charge in [-0.3, -0.25) is 9.69 Å². The van der Waals surface area contributed by atoms with E-state index in [-0.39, 0.29) is 5.92 Å². The van der Waals surface area contributed by atoms with Crippen LogP contribution >= 0.6 is 0 Å². The predicted molar refractivity (Wildman–Crippen MR) is 99.1 cm³/mol. The standard InChI is InChI=1S/C20H29NO6/c1-13(2)11-16-18(25-12-22)26-17(14-7-9-15(24-6)10-8-14)21(16)19(23)27-20(3,4)5/h7-10,12-13,16-18H,11H2,1-6H3/t16-,17?,18+/m0/s1. The summed E-state index contributed by atoms with van der Waals surface area (Å²) in [7, 11) is 1.58. The quantitative estimate of drug-likeness (QED) is 0.699. The van der Waals surface area contributed by atoms with Crippen molar-refractivity contribution in [2.75, 3.05) is 7.11 Å². The van der Waals surface area contributed by atoms with E-state index in [4.69, 9.17) is 18.9 Å². The largest absolute Gasteiger partial charge is 0.497 e. The van der Waals surface area contributed by atoms with Gasteiger partial charge in [-0.05, 0) is 45.2 Å². The topological polar surface area (TPSA) is 74.3 Å². The van der Waals surface area contributed by atoms with Gasteiger partial charge >= 0.3 is 6.09 Å². The van der Waals surface area contributed by atoms with Crippen molar-refractivity contribution < 1.29 is 28.5 Å². The number of hydrogen-bond donors (Lipinski definition) is 0. The molecular weight excluding hydrogens is 350 g/mol. The van der Waals surface area contributed by atoms with Gasteiger partial charge in [0, 0.05) is 5.56 Å². The summed E-state index contributed by atoms with van der Waals surface area (Å²) >= 11 is 0. The van der Waals surface area contributed by atoms with Crippen molar-refractivity contribution in [3.05, 3.63) is 29.8 Å². The van der Waals surface area contributed by atoms with Gasteiger partial charge in [-0.1, -0.05) is 26.0 Å². The summed E-state index contributed by atoms with van der Waals surface area (Å²) < 4.78 is 21.9. The Bertz CT molecular complexity index is 637. The van der Waals surface area contributed by atoms with Crippen LogP contribution in [0.1, 0.15) is 52.8 Å². The molecule has 0 spiro atoms. The molecule has 2 rings (SSSR count). The summed E-state index contributed by atoms with van der Waals surface area (Å²) in [6.45, 7) is 9.84. The second kappa shape index (κ2) is 8.61. The smallest absolute Gasteiger partial charge is 0.413 e. The average Bonchev–Trinajstić information content (AvgIpc) is 2.91. The molecule has 27 heavy (non-hydrogen) atoms. The third kappa shape index (κ3) is 5.35. The molecule has 0 aromatic heterocycles. The van der Waals surface area contributed by atoms with Crippen LogP contribution in [-0.2, 0) is 19.0 Å². The van der Waals surface area contributed by atoms with Crippen LogP contribution < -0.4 is 4.74 Å². The van der Waals surface area contributed by atoms with Crippen LogP contribution in [0.25, 0.3) is 0 Å². The lowest BCUT2D eigenvalue weighted by Gasteiger charge is -2.31. The summed E-state index contributed by atoms with van der Waals surface area (Å²) in [6.07, 6.45) is -1.49. The molecule has 1 aromatic rings. The molecule has 1 heterocycles. The van der Waals surface area contributed by atoms with Crippen molar-refractivity contribution in [3.63, 3.8) is 0 Å². The fourth-order valence-electron chi connectivity index (χ4n) is 3.03. The maximum absolute atomic E-state index is 13.0. The highest BCUT2D eigenvalue weighted by molar-refractivity contribution is 5.69. The number of amides is 1. The first-order valence-electron chi connectivity index (χ1n) is 9.06. The Morgan fingerprint density at radius 2 is 1.89 bits per heavy atom. The number of nitrogens with zero attached hydrogens (tertiary/aromatic N) is 1. The molecule has 1 amide bonds. The highest BCUT2D eigenvalue weighted by Gasteiger charge is 2.48. The third-order valence-corrected chi connectivity index (χ3v) is 4.09. The van der Waals surface area contributed by atoms with Crippen molar-refractivity contribution in [1.82, 2.24) is 4.90 Å². The molecule has 0 aliphatic carbocycles. The summed E-state index contributed by atoms with van der Waals surface area (Å²) in [6, 6.07) is 6.76. The Labute approximate surface area is 160 Å². The number of carbonyl (C=O) groups is 2. The monoisotopic (exact) mass is 379 g/mol. The van der Waals surface area contributed by atoms with E-state index >= 15 is 0 Å². The van der Waals surface area contributed by atoms with Crippen LogP contribution in [0.3, 0.4) is 0 Å². The average molecular weight is 379 g/mol. The van der Waals surface area contributed by atoms with Crippen LogP contribution in [0, 0.1) is 5.92 Å². The van der Waals surface area contributed by atoms with E-state index in [1.165, 1.54) is 4.90 Å². The first-order chi connectivity index (χ1) is 12.7. The van der Waals surface area contributed by atoms with E-state index in [2.05, 4.69) is 0 Å². The molecule has 150 valence electrons. The molecule has 0 radical (unpaired) electrons. The maximum atomic E-state index is 13.0. The van der Waals surface area contributed by atoms with Crippen molar-refractivity contribution in [2.24, 2.45) is 5.92 Å². The molecule has 1 unspecified atom stereocenters. The molecule has 1 aromatic carbocycles. The van der Waals surface area contributed by atoms with Crippen LogP contribution in [-0.4, -0.2) is 42.5 Å². The Morgan fingerprint density at radius 3 is 2.37 bits per heavy atom. The second-order valence-electron chi connectivity index (χ2n) is 7.95. The van der Waals surface area contributed by atoms with Gasteiger partial charge in [-0.25, -0.2) is 4.79 Å². The number of ether oxygens (including phenoxy) is 4. The highest BCUT2D eigenvalue weighted by atomic mass is 16.7. The molecule has 7 nitrogen and oxygen atoms in total. The van der Waals surface area contributed by atoms with Gasteiger partial charge in [0.1, 0.15) is 17.4 Å². The highest BCUT2D eigenvalue weighted by Crippen LogP contribution is 2.39. The number of carbonyl (C=O) groups excluding carboxylic acids is 2. The van der Waals surface area contributed by atoms with Gasteiger partial charge in [0.05, 0.1) is 7.11 Å². The van der Waals surface area contributed by atoms with Gasteiger partial charge in [0.15, 0.2) is 6.23 Å². The molecule has 1 fully saturated rings. The Balaban J connectivity index is 2.40. The first kappa shape index (κ1) is 21.0. The lowest BCUT2D eigenvalue weighted by atomic mass is 10.0. The summed E-state index contributed by atoms with van der Waals surface area (Å²) in [4.78, 5) is 25.5. The van der Waals surface area contributed by atoms with E-state index in [0.717, 1.165) is 5.56 Å². The number of hydrogen-bond acceptors (Lipinski definition) is 6. The lowest BCUT2D eigenvalue weighted by molar-refractivity contribution is -0.163. The van der Waals surface area contributed by atoms with Crippen LogP contribution in [0.15, 0.2) is 24.3 Å². The molecule has 1 saturated heterocycles. The molecule has 7 heteroatoms. The zero-order valence-corrected chi connectivity index (χ0v) is 16.8. The normalized spacial score (nSPS) is 22.6. The predicted octanol–water partition coefficient (Wildman–Crippen LogP) is 3.87. The zero-order chi connectivity index (χ0) is 20.2. The molecule has 3 atom stereocenters. The number of rotatable bonds is 6. The maximum Gasteiger partial charge on any atom is 0.413 e. The van der Waals surface area contributed by atoms with Gasteiger partial charge in [0.2, 0.25) is 6.29 Å². The molecule has 0 N–H and O–H groups in total. The first-order valence-corrected chi connectivity index (χ1v) is 9.06. The van der Waals surface area contributed by atoms with Gasteiger partial charge < -0.3 is 18.9 Å². The van der Waals surface area contributed by atoms with E-state index in [9.17, 15) is 9.59 Å². The third-order valence-electron chi connectivity index (χ3n) is 4.09. The number of benzene rings is 1. The summed E-state index contributed by atoms with van der Waals surface area (Å²) in [5, 5.41) is 0. The minimum absolute atomic E-state index is 0.260. The van der Waals surface area contributed by atoms with Crippen molar-refractivity contribution in [1.29, 1.82) is 0 Å². The van der Waals surface area contributed by atoms with Crippen LogP contribution in [0.2, 0.25) is 0 Å². The molecule has 1 aliphatic rings. The molecule has 1 aliphatic heterocycles. The Hall–Kier alpha value is -2.28. The Kier molecular flexibility index (Phi) is 6.70. The number of methoxy groups -OCH3 is 1. The zero-order valence-electron chi connectivity index (χ0n) is 16.8. The molecular formula is C20H29NO6.